The van der Waals surface area contributed by atoms with Gasteiger partial charge in [-0.25, -0.2) is 0 Å². The predicted octanol–water partition coefficient (Wildman–Crippen LogP) is 1.29. The van der Waals surface area contributed by atoms with Crippen molar-refractivity contribution < 1.29 is 51.0 Å². The van der Waals surface area contributed by atoms with E-state index in [1.54, 1.807) is 6.08 Å². The molecule has 0 aromatic carbocycles. The van der Waals surface area contributed by atoms with Gasteiger partial charge in [-0.2, -0.15) is 18.7 Å². The van der Waals surface area contributed by atoms with E-state index >= 15 is 0 Å². The molecule has 0 aromatic heterocycles. The first kappa shape index (κ1) is 13.2. The van der Waals surface area contributed by atoms with Crippen LogP contribution in [0, 0.1) is 6.08 Å². The molecule has 0 heterocycles. The zero-order chi connectivity index (χ0) is 7.49. The molecule has 0 aliphatic carbocycles. The standard InChI is InChI=1S/C5H6F3O.Y/c1-4(2-3-9)5(6,7)8;/h9H,3H2,1H3;/q-1;. The van der Waals surface area contributed by atoms with Crippen molar-refractivity contribution in [3.05, 3.63) is 11.6 Å². The van der Waals surface area contributed by atoms with E-state index in [2.05, 4.69) is 0 Å². The van der Waals surface area contributed by atoms with Crippen molar-refractivity contribution in [3.63, 3.8) is 0 Å². The molecule has 0 fully saturated rings. The summed E-state index contributed by atoms with van der Waals surface area (Å²) in [5, 5.41) is 7.97. The molecular formula is C5H6F3OY-. The van der Waals surface area contributed by atoms with Gasteiger partial charge in [0.15, 0.2) is 0 Å². The van der Waals surface area contributed by atoms with E-state index in [9.17, 15) is 13.2 Å². The second-order valence-corrected chi connectivity index (χ2v) is 1.46. The molecule has 0 aliphatic rings. The number of hydrogen-bond acceptors (Lipinski definition) is 1. The fraction of sp³-hybridized carbons (Fsp3) is 0.600. The van der Waals surface area contributed by atoms with Crippen molar-refractivity contribution in [3.8, 4) is 0 Å². The number of hydrogen-bond donors (Lipinski definition) is 1. The Labute approximate surface area is 82.2 Å². The van der Waals surface area contributed by atoms with Gasteiger partial charge in [-0.1, -0.05) is 13.5 Å². The van der Waals surface area contributed by atoms with E-state index < -0.39 is 18.4 Å². The Bertz CT molecular complexity index is 119. The van der Waals surface area contributed by atoms with Gasteiger partial charge in [-0.05, 0) is 0 Å². The van der Waals surface area contributed by atoms with E-state index in [4.69, 9.17) is 5.11 Å². The van der Waals surface area contributed by atoms with Crippen molar-refractivity contribution in [2.75, 3.05) is 6.61 Å². The largest absolute Gasteiger partial charge is 0.462 e. The summed E-state index contributed by atoms with van der Waals surface area (Å²) in [4.78, 5) is 0. The van der Waals surface area contributed by atoms with Crippen molar-refractivity contribution in [2.45, 2.75) is 13.1 Å². The molecule has 0 unspecified atom stereocenters. The zero-order valence-electron chi connectivity index (χ0n) is 5.37. The molecule has 0 rings (SSSR count). The third-order valence-electron chi connectivity index (χ3n) is 0.769. The normalized spacial score (nSPS) is 12.7. The third kappa shape index (κ3) is 5.38. The minimum Gasteiger partial charge on any atom is -0.462 e. The molecule has 0 spiro atoms. The van der Waals surface area contributed by atoms with Crippen LogP contribution in [-0.4, -0.2) is 17.9 Å². The number of allylic oxidation sites excluding steroid dienone is 1. The molecule has 1 radical (unpaired) electrons. The van der Waals surface area contributed by atoms with Gasteiger partial charge in [0.2, 0.25) is 0 Å². The van der Waals surface area contributed by atoms with Crippen molar-refractivity contribution in [1.29, 1.82) is 0 Å². The van der Waals surface area contributed by atoms with Crippen LogP contribution in [0.3, 0.4) is 0 Å². The Morgan fingerprint density at radius 3 is 2.00 bits per heavy atom. The average molecular weight is 228 g/mol. The number of alkyl halides is 3. The Morgan fingerprint density at radius 1 is 1.50 bits per heavy atom. The molecule has 0 aromatic rings. The molecule has 0 saturated carbocycles. The van der Waals surface area contributed by atoms with Crippen LogP contribution in [0.5, 0.6) is 0 Å². The predicted molar refractivity (Wildman–Crippen MR) is 25.6 cm³/mol. The molecule has 1 N–H and O–H groups in total. The van der Waals surface area contributed by atoms with Crippen LogP contribution >= 0.6 is 0 Å². The van der Waals surface area contributed by atoms with Crippen LogP contribution in [0.4, 0.5) is 13.2 Å². The van der Waals surface area contributed by atoms with Crippen molar-refractivity contribution in [1.82, 2.24) is 0 Å². The van der Waals surface area contributed by atoms with E-state index in [0.717, 1.165) is 6.92 Å². The second-order valence-electron chi connectivity index (χ2n) is 1.46. The number of aliphatic hydroxyl groups excluding tert-OH is 1. The van der Waals surface area contributed by atoms with Gasteiger partial charge in [0.05, 0.1) is 0 Å². The SMILES string of the molecule is CC(=[C-]CO)C(F)(F)F.[Y]. The van der Waals surface area contributed by atoms with E-state index in [1.807, 2.05) is 0 Å². The minimum atomic E-state index is -4.34. The molecule has 0 atom stereocenters. The third-order valence-corrected chi connectivity index (χ3v) is 0.769. The zero-order valence-corrected chi connectivity index (χ0v) is 8.20. The first-order chi connectivity index (χ1) is 3.98. The maximum atomic E-state index is 11.4. The van der Waals surface area contributed by atoms with Crippen molar-refractivity contribution in [2.24, 2.45) is 0 Å². The molecule has 0 amide bonds. The van der Waals surface area contributed by atoms with Crippen LogP contribution in [0.2, 0.25) is 0 Å². The maximum Gasteiger partial charge on any atom is 0.381 e. The van der Waals surface area contributed by atoms with Crippen LogP contribution < -0.4 is 0 Å². The van der Waals surface area contributed by atoms with Gasteiger partial charge >= 0.3 is 6.18 Å². The summed E-state index contributed by atoms with van der Waals surface area (Å²) in [6, 6.07) is 0. The first-order valence-corrected chi connectivity index (χ1v) is 2.24. The molecule has 0 saturated heterocycles. The minimum absolute atomic E-state index is 0. The van der Waals surface area contributed by atoms with Gasteiger partial charge in [-0.15, -0.1) is 0 Å². The molecule has 57 valence electrons. The van der Waals surface area contributed by atoms with Crippen LogP contribution in [0.15, 0.2) is 5.57 Å². The fourth-order valence-corrected chi connectivity index (χ4v) is 0.219. The van der Waals surface area contributed by atoms with E-state index in [1.165, 1.54) is 0 Å². The number of halogens is 3. The van der Waals surface area contributed by atoms with E-state index in [-0.39, 0.29) is 32.7 Å². The van der Waals surface area contributed by atoms with E-state index in [0.29, 0.717) is 0 Å². The number of aliphatic hydroxyl groups is 1. The summed E-state index contributed by atoms with van der Waals surface area (Å²) in [7, 11) is 0. The van der Waals surface area contributed by atoms with Gasteiger partial charge < -0.3 is 11.2 Å². The van der Waals surface area contributed by atoms with Gasteiger partial charge in [0.25, 0.3) is 0 Å². The van der Waals surface area contributed by atoms with Crippen LogP contribution in [0.25, 0.3) is 0 Å². The number of rotatable bonds is 1. The average Bonchev–Trinajstić information content (AvgIpc) is 1.64. The van der Waals surface area contributed by atoms with Crippen molar-refractivity contribution >= 4 is 0 Å². The summed E-state index contributed by atoms with van der Waals surface area (Å²) in [5.41, 5.74) is -0.884. The summed E-state index contributed by atoms with van der Waals surface area (Å²) in [6.07, 6.45) is -2.61. The molecule has 5 heteroatoms. The summed E-state index contributed by atoms with van der Waals surface area (Å²) in [6.45, 7) is 0.168. The smallest absolute Gasteiger partial charge is 0.381 e. The van der Waals surface area contributed by atoms with Crippen LogP contribution in [-0.2, 0) is 32.7 Å². The summed E-state index contributed by atoms with van der Waals surface area (Å²) < 4.78 is 34.3. The Balaban J connectivity index is 0. The maximum absolute atomic E-state index is 11.4. The monoisotopic (exact) mass is 228 g/mol. The quantitative estimate of drug-likeness (QED) is 0.670. The topological polar surface area (TPSA) is 20.2 Å². The van der Waals surface area contributed by atoms with Gasteiger partial charge in [0, 0.05) is 32.7 Å². The van der Waals surface area contributed by atoms with Gasteiger partial charge in [-0.3, -0.25) is 0 Å². The molecule has 0 aliphatic heterocycles. The van der Waals surface area contributed by atoms with Gasteiger partial charge in [0.1, 0.15) is 0 Å². The fourth-order valence-electron chi connectivity index (χ4n) is 0.219. The first-order valence-electron chi connectivity index (χ1n) is 2.24. The molecular weight excluding hydrogens is 222 g/mol. The Kier molecular flexibility index (Phi) is 6.96. The molecule has 1 nitrogen and oxygen atoms in total. The Hall–Kier alpha value is 0.594. The van der Waals surface area contributed by atoms with Crippen LogP contribution in [0.1, 0.15) is 6.92 Å². The Morgan fingerprint density at radius 2 is 1.90 bits per heavy atom. The molecule has 10 heavy (non-hydrogen) atoms. The second kappa shape index (κ2) is 5.27. The summed E-state index contributed by atoms with van der Waals surface area (Å²) in [5.74, 6) is 0. The molecule has 0 bridgehead atoms. The summed E-state index contributed by atoms with van der Waals surface area (Å²) >= 11 is 0.